The molecule has 5 rings (SSSR count). The molecule has 0 amide bonds. The largest absolute Gasteiger partial charge is 0.497 e. The Morgan fingerprint density at radius 2 is 2.10 bits per heavy atom. The zero-order chi connectivity index (χ0) is 21.2. The van der Waals surface area contributed by atoms with Gasteiger partial charge in [0, 0.05) is 29.9 Å². The lowest BCUT2D eigenvalue weighted by Gasteiger charge is -2.23. The van der Waals surface area contributed by atoms with Crippen LogP contribution < -0.4 is 15.6 Å². The van der Waals surface area contributed by atoms with Gasteiger partial charge in [-0.2, -0.15) is 0 Å². The highest BCUT2D eigenvalue weighted by Gasteiger charge is 2.25. The first-order valence-electron chi connectivity index (χ1n) is 10.5. The van der Waals surface area contributed by atoms with Crippen LogP contribution in [-0.2, 0) is 25.9 Å². The van der Waals surface area contributed by atoms with Crippen molar-refractivity contribution in [2.75, 3.05) is 7.11 Å². The summed E-state index contributed by atoms with van der Waals surface area (Å²) < 4.78 is 7.01. The van der Waals surface area contributed by atoms with Crippen LogP contribution in [0, 0.1) is 0 Å². The summed E-state index contributed by atoms with van der Waals surface area (Å²) in [5.74, 6) is 0.790. The summed E-state index contributed by atoms with van der Waals surface area (Å²) in [5.41, 5.74) is 3.50. The van der Waals surface area contributed by atoms with E-state index in [-0.39, 0.29) is 5.56 Å². The number of nitrogens with one attached hydrogen (secondary N) is 1. The molecule has 1 atom stereocenters. The van der Waals surface area contributed by atoms with Crippen LogP contribution >= 0.6 is 11.3 Å². The second-order valence-electron chi connectivity index (χ2n) is 7.89. The minimum absolute atomic E-state index is 0.0496. The minimum Gasteiger partial charge on any atom is -0.497 e. The highest BCUT2D eigenvalue weighted by atomic mass is 32.1. The average molecular weight is 433 g/mol. The molecule has 0 spiro atoms. The third-order valence-electron chi connectivity index (χ3n) is 5.87. The van der Waals surface area contributed by atoms with Gasteiger partial charge in [0.15, 0.2) is 0 Å². The van der Waals surface area contributed by atoms with Crippen molar-refractivity contribution in [3.8, 4) is 5.75 Å². The number of hydrogen-bond donors (Lipinski definition) is 1. The van der Waals surface area contributed by atoms with Crippen molar-refractivity contribution in [3.05, 3.63) is 87.0 Å². The summed E-state index contributed by atoms with van der Waals surface area (Å²) in [6, 6.07) is 12.3. The zero-order valence-corrected chi connectivity index (χ0v) is 18.2. The van der Waals surface area contributed by atoms with Crippen LogP contribution in [0.5, 0.6) is 5.75 Å². The van der Waals surface area contributed by atoms with Crippen molar-refractivity contribution in [1.82, 2.24) is 19.9 Å². The maximum Gasteiger partial charge on any atom is 0.262 e. The Bertz CT molecular complexity index is 1270. The lowest BCUT2D eigenvalue weighted by molar-refractivity contribution is 0.414. The maximum absolute atomic E-state index is 13.3. The number of aryl methyl sites for hydroxylation is 1. The fraction of sp³-hybridized carbons (Fsp3) is 0.292. The van der Waals surface area contributed by atoms with Gasteiger partial charge in [-0.05, 0) is 60.2 Å². The number of fused-ring (bicyclic) bond motifs is 3. The fourth-order valence-electron chi connectivity index (χ4n) is 4.22. The Hall–Kier alpha value is -3.03. The fourth-order valence-corrected chi connectivity index (χ4v) is 5.48. The highest BCUT2D eigenvalue weighted by Crippen LogP contribution is 2.33. The van der Waals surface area contributed by atoms with Crippen molar-refractivity contribution < 1.29 is 4.74 Å². The molecule has 31 heavy (non-hydrogen) atoms. The van der Waals surface area contributed by atoms with Crippen LogP contribution in [-0.4, -0.2) is 27.7 Å². The number of thiophene rings is 1. The molecule has 0 saturated heterocycles. The van der Waals surface area contributed by atoms with E-state index in [2.05, 4.69) is 15.3 Å². The first-order valence-corrected chi connectivity index (χ1v) is 11.3. The Morgan fingerprint density at radius 3 is 2.94 bits per heavy atom. The molecule has 1 unspecified atom stereocenters. The van der Waals surface area contributed by atoms with Gasteiger partial charge in [-0.3, -0.25) is 14.3 Å². The van der Waals surface area contributed by atoms with E-state index < -0.39 is 0 Å². The number of rotatable bonds is 6. The van der Waals surface area contributed by atoms with Crippen LogP contribution in [0.3, 0.4) is 0 Å². The highest BCUT2D eigenvalue weighted by molar-refractivity contribution is 7.18. The summed E-state index contributed by atoms with van der Waals surface area (Å²) in [4.78, 5) is 24.1. The molecule has 1 N–H and O–H groups in total. The molecule has 0 bridgehead atoms. The van der Waals surface area contributed by atoms with E-state index in [9.17, 15) is 4.79 Å². The van der Waals surface area contributed by atoms with Gasteiger partial charge in [-0.15, -0.1) is 11.3 Å². The van der Waals surface area contributed by atoms with E-state index in [1.807, 2.05) is 48.8 Å². The molecule has 0 saturated carbocycles. The Kier molecular flexibility index (Phi) is 5.53. The number of benzene rings is 1. The van der Waals surface area contributed by atoms with Gasteiger partial charge in [0.2, 0.25) is 0 Å². The molecule has 3 heterocycles. The molecule has 1 aliphatic carbocycles. The molecule has 1 aliphatic rings. The van der Waals surface area contributed by atoms with Gasteiger partial charge in [0.05, 0.1) is 25.4 Å². The van der Waals surface area contributed by atoms with Crippen molar-refractivity contribution >= 4 is 21.6 Å². The summed E-state index contributed by atoms with van der Waals surface area (Å²) in [7, 11) is 1.65. The average Bonchev–Trinajstić information content (AvgIpc) is 3.19. The molecule has 7 heteroatoms. The third kappa shape index (κ3) is 4.11. The molecule has 158 valence electrons. The number of nitrogens with zero attached hydrogens (tertiary/aromatic N) is 3. The number of ether oxygens (including phenoxy) is 1. The molecule has 1 aromatic carbocycles. The SMILES string of the molecule is COc1cccc(Cn2cnc3sc4c(c3c2=O)CCC(NCc2ccncc2)C4)c1. The summed E-state index contributed by atoms with van der Waals surface area (Å²) in [6.45, 7) is 1.32. The second-order valence-corrected chi connectivity index (χ2v) is 8.97. The van der Waals surface area contributed by atoms with Crippen LogP contribution in [0.2, 0.25) is 0 Å². The minimum atomic E-state index is 0.0496. The topological polar surface area (TPSA) is 69.0 Å². The quantitative estimate of drug-likeness (QED) is 0.505. The first kappa shape index (κ1) is 19.9. The Balaban J connectivity index is 1.37. The van der Waals surface area contributed by atoms with E-state index in [1.54, 1.807) is 29.3 Å². The third-order valence-corrected chi connectivity index (χ3v) is 7.03. The molecular formula is C24H24N4O2S. The van der Waals surface area contributed by atoms with E-state index in [4.69, 9.17) is 4.74 Å². The molecule has 6 nitrogen and oxygen atoms in total. The number of hydrogen-bond acceptors (Lipinski definition) is 6. The van der Waals surface area contributed by atoms with Gasteiger partial charge in [-0.25, -0.2) is 4.98 Å². The molecule has 0 fully saturated rings. The smallest absolute Gasteiger partial charge is 0.262 e. The summed E-state index contributed by atoms with van der Waals surface area (Å²) >= 11 is 1.67. The number of methoxy groups -OCH3 is 1. The van der Waals surface area contributed by atoms with Crippen molar-refractivity contribution in [3.63, 3.8) is 0 Å². The lowest BCUT2D eigenvalue weighted by Crippen LogP contribution is -2.33. The monoisotopic (exact) mass is 432 g/mol. The Morgan fingerprint density at radius 1 is 1.23 bits per heavy atom. The molecule has 0 radical (unpaired) electrons. The van der Waals surface area contributed by atoms with E-state index in [0.29, 0.717) is 12.6 Å². The van der Waals surface area contributed by atoms with Crippen molar-refractivity contribution in [2.24, 2.45) is 0 Å². The maximum atomic E-state index is 13.3. The second kappa shape index (κ2) is 8.61. The first-order chi connectivity index (χ1) is 15.2. The lowest BCUT2D eigenvalue weighted by atomic mass is 9.93. The Labute approximate surface area is 184 Å². The van der Waals surface area contributed by atoms with Crippen LogP contribution in [0.15, 0.2) is 59.9 Å². The summed E-state index contributed by atoms with van der Waals surface area (Å²) in [6.07, 6.45) is 8.19. The van der Waals surface area contributed by atoms with Gasteiger partial charge in [0.1, 0.15) is 10.6 Å². The predicted molar refractivity (Wildman–Crippen MR) is 123 cm³/mol. The van der Waals surface area contributed by atoms with Crippen LogP contribution in [0.25, 0.3) is 10.2 Å². The van der Waals surface area contributed by atoms with Gasteiger partial charge >= 0.3 is 0 Å². The normalized spacial score (nSPS) is 15.7. The van der Waals surface area contributed by atoms with Gasteiger partial charge in [-0.1, -0.05) is 12.1 Å². The number of aromatic nitrogens is 3. The van der Waals surface area contributed by atoms with Gasteiger partial charge < -0.3 is 10.1 Å². The van der Waals surface area contributed by atoms with Crippen molar-refractivity contribution in [2.45, 2.75) is 38.4 Å². The van der Waals surface area contributed by atoms with Crippen LogP contribution in [0.1, 0.15) is 28.0 Å². The molecule has 0 aliphatic heterocycles. The zero-order valence-electron chi connectivity index (χ0n) is 17.4. The van der Waals surface area contributed by atoms with Crippen LogP contribution in [0.4, 0.5) is 0 Å². The van der Waals surface area contributed by atoms with Crippen molar-refractivity contribution in [1.29, 1.82) is 0 Å². The molecule has 4 aromatic rings. The van der Waals surface area contributed by atoms with E-state index in [1.165, 1.54) is 16.0 Å². The predicted octanol–water partition coefficient (Wildman–Crippen LogP) is 3.56. The summed E-state index contributed by atoms with van der Waals surface area (Å²) in [5, 5.41) is 4.46. The van der Waals surface area contributed by atoms with Gasteiger partial charge in [0.25, 0.3) is 5.56 Å². The molecular weight excluding hydrogens is 408 g/mol. The standard InChI is InChI=1S/C24H24N4O2S/c1-30-19-4-2-3-17(11-19)14-28-15-27-23-22(24(28)29)20-6-5-18(12-21(20)31-23)26-13-16-7-9-25-10-8-16/h2-4,7-11,15,18,26H,5-6,12-14H2,1H3. The van der Waals surface area contributed by atoms with E-state index in [0.717, 1.165) is 47.3 Å². The molecule has 3 aromatic heterocycles. The number of pyridine rings is 1. The van der Waals surface area contributed by atoms with E-state index >= 15 is 0 Å².